The molecule has 0 fully saturated rings. The Morgan fingerprint density at radius 3 is 1.50 bits per heavy atom. The lowest BCUT2D eigenvalue weighted by molar-refractivity contribution is 0.716. The highest BCUT2D eigenvalue weighted by atomic mass is 14.7. The first kappa shape index (κ1) is 16.3. The van der Waals surface area contributed by atoms with Crippen LogP contribution < -0.4 is 11.5 Å². The normalized spacial score (nSPS) is 11.2. The number of rotatable bonds is 5. The summed E-state index contributed by atoms with van der Waals surface area (Å²) in [7, 11) is 0. The van der Waals surface area contributed by atoms with Gasteiger partial charge in [0, 0.05) is 33.5 Å². The first-order valence-corrected chi connectivity index (χ1v) is 8.99. The first-order valence-electron chi connectivity index (χ1n) is 8.99. The Balaban J connectivity index is 1.41. The molecule has 0 aliphatic rings. The highest BCUT2D eigenvalue weighted by Crippen LogP contribution is 2.22. The largest absolute Gasteiger partial charge is 0.398 e. The lowest BCUT2D eigenvalue weighted by Gasteiger charge is -2.08. The summed E-state index contributed by atoms with van der Waals surface area (Å²) in [5, 5.41) is 2.04. The van der Waals surface area contributed by atoms with Crippen LogP contribution in [0.15, 0.2) is 60.7 Å². The van der Waals surface area contributed by atoms with Crippen molar-refractivity contribution in [2.45, 2.75) is 25.7 Å². The molecule has 4 heteroatoms. The maximum Gasteiger partial charge on any atom is 0.0725 e. The van der Waals surface area contributed by atoms with Crippen molar-refractivity contribution < 1.29 is 0 Å². The van der Waals surface area contributed by atoms with Crippen molar-refractivity contribution in [2.75, 3.05) is 11.5 Å². The van der Waals surface area contributed by atoms with Crippen LogP contribution >= 0.6 is 0 Å². The van der Waals surface area contributed by atoms with Gasteiger partial charge in [-0.05, 0) is 49.9 Å². The Hall–Kier alpha value is -3.14. The Kier molecular flexibility index (Phi) is 4.40. The number of fused-ring (bicyclic) bond motifs is 2. The third kappa shape index (κ3) is 3.31. The molecule has 4 N–H and O–H groups in total. The van der Waals surface area contributed by atoms with Gasteiger partial charge in [0.2, 0.25) is 0 Å². The molecule has 0 aliphatic heterocycles. The van der Waals surface area contributed by atoms with Gasteiger partial charge in [-0.3, -0.25) is 9.97 Å². The van der Waals surface area contributed by atoms with Crippen LogP contribution in [0.3, 0.4) is 0 Å². The molecule has 130 valence electrons. The van der Waals surface area contributed by atoms with Crippen molar-refractivity contribution in [2.24, 2.45) is 0 Å². The predicted molar refractivity (Wildman–Crippen MR) is 109 cm³/mol. The van der Waals surface area contributed by atoms with E-state index in [4.69, 9.17) is 21.4 Å². The fourth-order valence-corrected chi connectivity index (χ4v) is 3.39. The molecule has 0 radical (unpaired) electrons. The SMILES string of the molecule is Nc1cc(CCCCc2cc(N)c3ccccc3n2)nc2ccccc12. The number of benzene rings is 2. The molecular formula is C22H22N4. The molecule has 2 aromatic heterocycles. The number of nitrogen functional groups attached to an aromatic ring is 2. The zero-order valence-corrected chi connectivity index (χ0v) is 14.7. The van der Waals surface area contributed by atoms with Crippen LogP contribution in [0.2, 0.25) is 0 Å². The van der Waals surface area contributed by atoms with Crippen LogP contribution in [-0.4, -0.2) is 9.97 Å². The van der Waals surface area contributed by atoms with Crippen molar-refractivity contribution in [3.8, 4) is 0 Å². The minimum Gasteiger partial charge on any atom is -0.398 e. The Morgan fingerprint density at radius 2 is 1.04 bits per heavy atom. The molecule has 0 bridgehead atoms. The Bertz CT molecular complexity index is 985. The van der Waals surface area contributed by atoms with E-state index in [2.05, 4.69) is 0 Å². The molecule has 4 nitrogen and oxygen atoms in total. The average molecular weight is 342 g/mol. The van der Waals surface area contributed by atoms with Crippen LogP contribution in [0.25, 0.3) is 21.8 Å². The van der Waals surface area contributed by atoms with E-state index in [1.807, 2.05) is 60.7 Å². The maximum absolute atomic E-state index is 6.16. The van der Waals surface area contributed by atoms with Gasteiger partial charge in [0.25, 0.3) is 0 Å². The molecular weight excluding hydrogens is 320 g/mol. The van der Waals surface area contributed by atoms with Gasteiger partial charge in [0.15, 0.2) is 0 Å². The van der Waals surface area contributed by atoms with Gasteiger partial charge in [0.1, 0.15) is 0 Å². The van der Waals surface area contributed by atoms with Crippen molar-refractivity contribution in [3.05, 3.63) is 72.1 Å². The number of pyridine rings is 2. The van der Waals surface area contributed by atoms with E-state index in [0.717, 1.165) is 70.3 Å². The summed E-state index contributed by atoms with van der Waals surface area (Å²) in [4.78, 5) is 9.44. The molecule has 0 atom stereocenters. The minimum atomic E-state index is 0.801. The van der Waals surface area contributed by atoms with Gasteiger partial charge < -0.3 is 11.5 Å². The summed E-state index contributed by atoms with van der Waals surface area (Å²) in [6, 6.07) is 20.0. The quantitative estimate of drug-likeness (QED) is 0.523. The third-order valence-electron chi connectivity index (χ3n) is 4.72. The van der Waals surface area contributed by atoms with E-state index in [1.54, 1.807) is 0 Å². The number of aromatic nitrogens is 2. The van der Waals surface area contributed by atoms with Crippen LogP contribution in [0.4, 0.5) is 11.4 Å². The van der Waals surface area contributed by atoms with Crippen molar-refractivity contribution >= 4 is 33.2 Å². The minimum absolute atomic E-state index is 0.801. The van der Waals surface area contributed by atoms with E-state index in [0.29, 0.717) is 0 Å². The smallest absolute Gasteiger partial charge is 0.0725 e. The standard InChI is InChI=1S/C22H22N4/c23-19-13-15(25-21-11-5-3-9-17(19)21)7-1-2-8-16-14-20(24)18-10-4-6-12-22(18)26-16/h3-6,9-14H,1-2,7-8H2,(H2,23,25)(H2,24,26). The van der Waals surface area contributed by atoms with E-state index in [1.165, 1.54) is 0 Å². The Morgan fingerprint density at radius 1 is 0.615 bits per heavy atom. The van der Waals surface area contributed by atoms with Gasteiger partial charge in [0.05, 0.1) is 11.0 Å². The summed E-state index contributed by atoms with van der Waals surface area (Å²) in [5.74, 6) is 0. The summed E-state index contributed by atoms with van der Waals surface area (Å²) in [6.45, 7) is 0. The highest BCUT2D eigenvalue weighted by Gasteiger charge is 2.05. The lowest BCUT2D eigenvalue weighted by Crippen LogP contribution is -1.98. The molecule has 0 unspecified atom stereocenters. The molecule has 4 rings (SSSR count). The van der Waals surface area contributed by atoms with Gasteiger partial charge >= 0.3 is 0 Å². The van der Waals surface area contributed by atoms with Crippen LogP contribution in [0, 0.1) is 0 Å². The second-order valence-corrected chi connectivity index (χ2v) is 6.65. The number of para-hydroxylation sites is 2. The van der Waals surface area contributed by atoms with Gasteiger partial charge in [-0.1, -0.05) is 36.4 Å². The van der Waals surface area contributed by atoms with E-state index in [9.17, 15) is 0 Å². The molecule has 0 aliphatic carbocycles. The van der Waals surface area contributed by atoms with Crippen LogP contribution in [0.5, 0.6) is 0 Å². The molecule has 0 saturated carbocycles. The van der Waals surface area contributed by atoms with Crippen LogP contribution in [0.1, 0.15) is 24.2 Å². The second-order valence-electron chi connectivity index (χ2n) is 6.65. The predicted octanol–water partition coefficient (Wildman–Crippen LogP) is 4.51. The zero-order chi connectivity index (χ0) is 17.9. The zero-order valence-electron chi connectivity index (χ0n) is 14.7. The second kappa shape index (κ2) is 7.00. The molecule has 0 amide bonds. The summed E-state index contributed by atoms with van der Waals surface area (Å²) < 4.78 is 0. The number of anilines is 2. The van der Waals surface area contributed by atoms with E-state index >= 15 is 0 Å². The lowest BCUT2D eigenvalue weighted by atomic mass is 10.1. The van der Waals surface area contributed by atoms with Crippen molar-refractivity contribution in [3.63, 3.8) is 0 Å². The summed E-state index contributed by atoms with van der Waals surface area (Å²) >= 11 is 0. The first-order chi connectivity index (χ1) is 12.7. The molecule has 26 heavy (non-hydrogen) atoms. The van der Waals surface area contributed by atoms with Crippen LogP contribution in [-0.2, 0) is 12.8 Å². The maximum atomic E-state index is 6.16. The molecule has 0 saturated heterocycles. The van der Waals surface area contributed by atoms with Gasteiger partial charge in [-0.25, -0.2) is 0 Å². The van der Waals surface area contributed by atoms with Crippen molar-refractivity contribution in [1.29, 1.82) is 0 Å². The molecule has 4 aromatic rings. The van der Waals surface area contributed by atoms with Gasteiger partial charge in [-0.15, -0.1) is 0 Å². The van der Waals surface area contributed by atoms with E-state index in [-0.39, 0.29) is 0 Å². The summed E-state index contributed by atoms with van der Waals surface area (Å²) in [6.07, 6.45) is 3.91. The molecule has 2 heterocycles. The number of aryl methyl sites for hydroxylation is 2. The number of hydrogen-bond donors (Lipinski definition) is 2. The fraction of sp³-hybridized carbons (Fsp3) is 0.182. The van der Waals surface area contributed by atoms with E-state index < -0.39 is 0 Å². The van der Waals surface area contributed by atoms with Crippen molar-refractivity contribution in [1.82, 2.24) is 9.97 Å². The Labute approximate surface area is 152 Å². The number of unbranched alkanes of at least 4 members (excludes halogenated alkanes) is 1. The molecule has 0 spiro atoms. The fourth-order valence-electron chi connectivity index (χ4n) is 3.39. The topological polar surface area (TPSA) is 77.8 Å². The third-order valence-corrected chi connectivity index (χ3v) is 4.72. The van der Waals surface area contributed by atoms with Gasteiger partial charge in [-0.2, -0.15) is 0 Å². The number of nitrogens with two attached hydrogens (primary N) is 2. The molecule has 2 aromatic carbocycles. The highest BCUT2D eigenvalue weighted by molar-refractivity contribution is 5.90. The number of nitrogens with zero attached hydrogens (tertiary/aromatic N) is 2. The number of hydrogen-bond acceptors (Lipinski definition) is 4. The average Bonchev–Trinajstić information content (AvgIpc) is 2.65. The monoisotopic (exact) mass is 342 g/mol. The summed E-state index contributed by atoms with van der Waals surface area (Å²) in [5.41, 5.74) is 17.9.